The molecule has 0 radical (unpaired) electrons. The van der Waals surface area contributed by atoms with Crippen LogP contribution in [0.2, 0.25) is 0 Å². The zero-order valence-electron chi connectivity index (χ0n) is 13.9. The molecule has 1 aromatic heterocycles. The van der Waals surface area contributed by atoms with Crippen molar-refractivity contribution in [3.8, 4) is 0 Å². The van der Waals surface area contributed by atoms with Crippen LogP contribution in [0, 0.1) is 0 Å². The van der Waals surface area contributed by atoms with Gasteiger partial charge in [0.1, 0.15) is 12.4 Å². The molecule has 7 heteroatoms. The van der Waals surface area contributed by atoms with Crippen LogP contribution in [0.25, 0.3) is 0 Å². The molecule has 0 aromatic carbocycles. The van der Waals surface area contributed by atoms with E-state index < -0.39 is 0 Å². The van der Waals surface area contributed by atoms with Gasteiger partial charge in [0.15, 0.2) is 11.8 Å². The van der Waals surface area contributed by atoms with Crippen molar-refractivity contribution in [2.45, 2.75) is 58.2 Å². The second-order valence-electron chi connectivity index (χ2n) is 5.65. The monoisotopic (exact) mass is 308 g/mol. The maximum atomic E-state index is 5.10. The van der Waals surface area contributed by atoms with Crippen LogP contribution in [0.5, 0.6) is 0 Å². The first-order chi connectivity index (χ1) is 10.8. The van der Waals surface area contributed by atoms with Crippen molar-refractivity contribution in [1.82, 2.24) is 25.4 Å². The van der Waals surface area contributed by atoms with Crippen molar-refractivity contribution in [1.29, 1.82) is 0 Å². The number of rotatable bonds is 7. The number of hydrogen-bond acceptors (Lipinski definition) is 4. The number of fused-ring (bicyclic) bond motifs is 1. The highest BCUT2D eigenvalue weighted by atomic mass is 16.5. The minimum atomic E-state index is 0.335. The molecule has 1 atom stereocenters. The molecule has 0 aliphatic carbocycles. The normalized spacial score (nSPS) is 18.1. The molecule has 0 bridgehead atoms. The molecule has 1 aliphatic heterocycles. The third-order valence-corrected chi connectivity index (χ3v) is 3.81. The van der Waals surface area contributed by atoms with Crippen molar-refractivity contribution < 1.29 is 4.74 Å². The fraction of sp³-hybridized carbons (Fsp3) is 0.800. The topological polar surface area (TPSA) is 76.4 Å². The third-order valence-electron chi connectivity index (χ3n) is 3.81. The number of aromatic nitrogens is 3. The number of guanidine groups is 1. The van der Waals surface area contributed by atoms with Gasteiger partial charge in [0, 0.05) is 33.2 Å². The molecule has 1 aliphatic rings. The van der Waals surface area contributed by atoms with Gasteiger partial charge in [-0.25, -0.2) is 9.67 Å². The van der Waals surface area contributed by atoms with Crippen LogP contribution in [0.3, 0.4) is 0 Å². The molecule has 0 amide bonds. The van der Waals surface area contributed by atoms with E-state index in [4.69, 9.17) is 4.74 Å². The summed E-state index contributed by atoms with van der Waals surface area (Å²) in [5, 5.41) is 11.3. The maximum absolute atomic E-state index is 5.10. The van der Waals surface area contributed by atoms with E-state index in [2.05, 4.69) is 32.6 Å². The molecular weight excluding hydrogens is 280 g/mol. The Hall–Kier alpha value is -1.63. The zero-order chi connectivity index (χ0) is 15.8. The second kappa shape index (κ2) is 8.73. The first kappa shape index (κ1) is 16.7. The highest BCUT2D eigenvalue weighted by molar-refractivity contribution is 5.79. The molecule has 0 fully saturated rings. The number of nitrogens with one attached hydrogen (secondary N) is 2. The van der Waals surface area contributed by atoms with E-state index in [0.717, 1.165) is 43.5 Å². The summed E-state index contributed by atoms with van der Waals surface area (Å²) in [5.41, 5.74) is 0. The lowest BCUT2D eigenvalue weighted by atomic mass is 10.1. The van der Waals surface area contributed by atoms with E-state index in [1.165, 1.54) is 19.3 Å². The largest absolute Gasteiger partial charge is 0.377 e. The van der Waals surface area contributed by atoms with Gasteiger partial charge in [-0.3, -0.25) is 4.99 Å². The van der Waals surface area contributed by atoms with Crippen LogP contribution in [0.15, 0.2) is 4.99 Å². The van der Waals surface area contributed by atoms with Crippen molar-refractivity contribution in [2.75, 3.05) is 20.7 Å². The van der Waals surface area contributed by atoms with Gasteiger partial charge in [-0.1, -0.05) is 19.8 Å². The Kier molecular flexibility index (Phi) is 6.64. The van der Waals surface area contributed by atoms with Gasteiger partial charge in [-0.15, -0.1) is 0 Å². The van der Waals surface area contributed by atoms with Gasteiger partial charge in [-0.2, -0.15) is 5.10 Å². The number of nitrogens with zero attached hydrogens (tertiary/aromatic N) is 4. The molecule has 1 aromatic rings. The maximum Gasteiger partial charge on any atom is 0.191 e. The fourth-order valence-corrected chi connectivity index (χ4v) is 2.64. The number of methoxy groups -OCH3 is 1. The lowest BCUT2D eigenvalue weighted by molar-refractivity contribution is 0.177. The summed E-state index contributed by atoms with van der Waals surface area (Å²) >= 11 is 0. The van der Waals surface area contributed by atoms with Crippen LogP contribution in [-0.4, -0.2) is 47.5 Å². The molecule has 2 rings (SSSR count). The summed E-state index contributed by atoms with van der Waals surface area (Å²) in [5.74, 6) is 2.69. The van der Waals surface area contributed by atoms with E-state index >= 15 is 0 Å². The van der Waals surface area contributed by atoms with Crippen molar-refractivity contribution >= 4 is 5.96 Å². The lowest BCUT2D eigenvalue weighted by Crippen LogP contribution is -2.47. The number of aryl methyl sites for hydroxylation is 1. The standard InChI is InChI=1S/C15H28N6O/c1-4-5-6-9-17-15(16-2)18-12-7-8-14-19-13(11-22-3)20-21(14)10-12/h12H,4-11H2,1-3H3,(H2,16,17,18). The Bertz CT molecular complexity index is 484. The van der Waals surface area contributed by atoms with E-state index in [0.29, 0.717) is 12.6 Å². The Morgan fingerprint density at radius 2 is 2.32 bits per heavy atom. The number of aliphatic imine (C=N–C) groups is 1. The highest BCUT2D eigenvalue weighted by Crippen LogP contribution is 2.13. The molecule has 0 spiro atoms. The summed E-state index contributed by atoms with van der Waals surface area (Å²) in [7, 11) is 3.48. The third kappa shape index (κ3) is 4.69. The van der Waals surface area contributed by atoms with Crippen molar-refractivity contribution in [3.05, 3.63) is 11.6 Å². The van der Waals surface area contributed by atoms with Gasteiger partial charge in [-0.05, 0) is 12.8 Å². The first-order valence-corrected chi connectivity index (χ1v) is 8.15. The van der Waals surface area contributed by atoms with Gasteiger partial charge in [0.05, 0.1) is 6.54 Å². The average molecular weight is 308 g/mol. The quantitative estimate of drug-likeness (QED) is 0.448. The van der Waals surface area contributed by atoms with Crippen molar-refractivity contribution in [3.63, 3.8) is 0 Å². The molecule has 124 valence electrons. The van der Waals surface area contributed by atoms with E-state index in [9.17, 15) is 0 Å². The average Bonchev–Trinajstić information content (AvgIpc) is 2.92. The van der Waals surface area contributed by atoms with E-state index in [-0.39, 0.29) is 0 Å². The van der Waals surface area contributed by atoms with Gasteiger partial charge >= 0.3 is 0 Å². The van der Waals surface area contributed by atoms with Gasteiger partial charge < -0.3 is 15.4 Å². The van der Waals surface area contributed by atoms with E-state index in [1.54, 1.807) is 7.11 Å². The molecule has 2 heterocycles. The molecule has 0 saturated heterocycles. The number of unbranched alkanes of at least 4 members (excludes halogenated alkanes) is 2. The summed E-state index contributed by atoms with van der Waals surface area (Å²) in [6.45, 7) is 4.47. The van der Waals surface area contributed by atoms with Crippen LogP contribution >= 0.6 is 0 Å². The first-order valence-electron chi connectivity index (χ1n) is 8.15. The lowest BCUT2D eigenvalue weighted by Gasteiger charge is -2.25. The molecular formula is C15H28N6O. The Morgan fingerprint density at radius 1 is 1.45 bits per heavy atom. The van der Waals surface area contributed by atoms with Crippen LogP contribution < -0.4 is 10.6 Å². The van der Waals surface area contributed by atoms with Gasteiger partial charge in [0.2, 0.25) is 0 Å². The summed E-state index contributed by atoms with van der Waals surface area (Å²) < 4.78 is 7.08. The SMILES string of the molecule is CCCCCNC(=NC)NC1CCc2nc(COC)nn2C1. The second-order valence-corrected chi connectivity index (χ2v) is 5.65. The number of ether oxygens (including phenoxy) is 1. The smallest absolute Gasteiger partial charge is 0.191 e. The molecule has 0 saturated carbocycles. The predicted octanol–water partition coefficient (Wildman–Crippen LogP) is 1.09. The minimum Gasteiger partial charge on any atom is -0.377 e. The predicted molar refractivity (Wildman–Crippen MR) is 86.9 cm³/mol. The Balaban J connectivity index is 1.83. The summed E-state index contributed by atoms with van der Waals surface area (Å²) in [4.78, 5) is 8.80. The van der Waals surface area contributed by atoms with Crippen LogP contribution in [0.4, 0.5) is 0 Å². The molecule has 1 unspecified atom stereocenters. The summed E-state index contributed by atoms with van der Waals surface area (Å²) in [6.07, 6.45) is 5.63. The fourth-order valence-electron chi connectivity index (χ4n) is 2.64. The zero-order valence-corrected chi connectivity index (χ0v) is 13.9. The van der Waals surface area contributed by atoms with Crippen LogP contribution in [0.1, 0.15) is 44.3 Å². The minimum absolute atomic E-state index is 0.335. The van der Waals surface area contributed by atoms with Gasteiger partial charge in [0.25, 0.3) is 0 Å². The molecule has 7 nitrogen and oxygen atoms in total. The van der Waals surface area contributed by atoms with Crippen LogP contribution in [-0.2, 0) is 24.3 Å². The van der Waals surface area contributed by atoms with E-state index in [1.807, 2.05) is 11.7 Å². The van der Waals surface area contributed by atoms with Crippen molar-refractivity contribution in [2.24, 2.45) is 4.99 Å². The highest BCUT2D eigenvalue weighted by Gasteiger charge is 2.22. The molecule has 22 heavy (non-hydrogen) atoms. The Morgan fingerprint density at radius 3 is 3.05 bits per heavy atom. The summed E-state index contributed by atoms with van der Waals surface area (Å²) in [6, 6.07) is 0.335. The number of hydrogen-bond donors (Lipinski definition) is 2. The molecule has 2 N–H and O–H groups in total. The Labute approximate surface area is 132 Å².